The number of urea groups is 1. The minimum absolute atomic E-state index is 0.229. The van der Waals surface area contributed by atoms with Gasteiger partial charge in [0.15, 0.2) is 0 Å². The van der Waals surface area contributed by atoms with E-state index in [1.54, 1.807) is 11.8 Å². The number of aliphatic carboxylic acids is 1. The van der Waals surface area contributed by atoms with Crippen LogP contribution >= 0.6 is 11.8 Å². The van der Waals surface area contributed by atoms with Gasteiger partial charge in [0.1, 0.15) is 6.04 Å². The normalized spacial score (nSPS) is 12.2. The molecule has 0 aliphatic rings. The number of amides is 2. The van der Waals surface area contributed by atoms with Crippen molar-refractivity contribution in [1.82, 2.24) is 10.6 Å². The minimum atomic E-state index is -0.992. The maximum atomic E-state index is 11.3. The molecule has 0 aromatic rings. The van der Waals surface area contributed by atoms with Crippen LogP contribution in [0.5, 0.6) is 0 Å². The first-order chi connectivity index (χ1) is 7.47. The summed E-state index contributed by atoms with van der Waals surface area (Å²) in [5, 5.41) is 14.0. The zero-order valence-corrected chi connectivity index (χ0v) is 10.8. The number of carboxylic acids is 1. The summed E-state index contributed by atoms with van der Waals surface area (Å²) in [6.45, 7) is 4.38. The lowest BCUT2D eigenvalue weighted by atomic mass is 10.0. The molecule has 0 saturated heterocycles. The van der Waals surface area contributed by atoms with Crippen LogP contribution in [-0.2, 0) is 4.79 Å². The molecular formula is C10H20N2O3S. The van der Waals surface area contributed by atoms with Gasteiger partial charge < -0.3 is 15.7 Å². The number of carbonyl (C=O) groups is 2. The Hall–Kier alpha value is -0.910. The monoisotopic (exact) mass is 248 g/mol. The summed E-state index contributed by atoms with van der Waals surface area (Å²) in [6, 6.07) is -1.23. The van der Waals surface area contributed by atoms with Crippen LogP contribution in [0.4, 0.5) is 4.79 Å². The van der Waals surface area contributed by atoms with Crippen molar-refractivity contribution < 1.29 is 14.7 Å². The second-order valence-corrected chi connectivity index (χ2v) is 4.90. The van der Waals surface area contributed by atoms with Gasteiger partial charge in [-0.15, -0.1) is 0 Å². The molecule has 1 unspecified atom stereocenters. The Balaban J connectivity index is 3.98. The minimum Gasteiger partial charge on any atom is -0.480 e. The highest BCUT2D eigenvalue weighted by molar-refractivity contribution is 7.98. The van der Waals surface area contributed by atoms with E-state index in [1.807, 2.05) is 20.1 Å². The average molecular weight is 248 g/mol. The molecule has 1 atom stereocenters. The molecule has 94 valence electrons. The number of nitrogens with one attached hydrogen (secondary N) is 2. The lowest BCUT2D eigenvalue weighted by molar-refractivity contribution is -0.139. The van der Waals surface area contributed by atoms with Gasteiger partial charge in [-0.25, -0.2) is 9.59 Å². The summed E-state index contributed by atoms with van der Waals surface area (Å²) in [6.07, 6.45) is 2.38. The number of thioether (sulfide) groups is 1. The van der Waals surface area contributed by atoms with Gasteiger partial charge in [-0.05, 0) is 18.6 Å². The van der Waals surface area contributed by atoms with Crippen molar-refractivity contribution >= 4 is 23.8 Å². The van der Waals surface area contributed by atoms with E-state index in [-0.39, 0.29) is 5.92 Å². The van der Waals surface area contributed by atoms with Gasteiger partial charge in [-0.2, -0.15) is 11.8 Å². The quantitative estimate of drug-likeness (QED) is 0.591. The smallest absolute Gasteiger partial charge is 0.326 e. The Morgan fingerprint density at radius 2 is 2.00 bits per heavy atom. The molecule has 0 spiro atoms. The van der Waals surface area contributed by atoms with E-state index in [4.69, 9.17) is 5.11 Å². The highest BCUT2D eigenvalue weighted by atomic mass is 32.2. The summed E-state index contributed by atoms with van der Waals surface area (Å²) in [7, 11) is 0. The third-order valence-electron chi connectivity index (χ3n) is 1.90. The van der Waals surface area contributed by atoms with Gasteiger partial charge in [0.2, 0.25) is 0 Å². The molecule has 0 saturated carbocycles. The summed E-state index contributed by atoms with van der Waals surface area (Å²) < 4.78 is 0. The number of carboxylic acid groups (broad SMARTS) is 1. The van der Waals surface area contributed by atoms with Gasteiger partial charge in [-0.1, -0.05) is 13.8 Å². The first kappa shape index (κ1) is 15.1. The van der Waals surface area contributed by atoms with Crippen LogP contribution < -0.4 is 10.6 Å². The van der Waals surface area contributed by atoms with E-state index in [0.29, 0.717) is 13.0 Å². The molecule has 0 fully saturated rings. The van der Waals surface area contributed by atoms with Crippen LogP contribution in [0, 0.1) is 5.92 Å². The fourth-order valence-corrected chi connectivity index (χ4v) is 1.47. The highest BCUT2D eigenvalue weighted by Crippen LogP contribution is 2.04. The Bertz CT molecular complexity index is 234. The molecule has 3 N–H and O–H groups in total. The number of carbonyl (C=O) groups excluding carboxylic acids is 1. The van der Waals surface area contributed by atoms with Crippen molar-refractivity contribution in [2.45, 2.75) is 26.3 Å². The lowest BCUT2D eigenvalue weighted by Crippen LogP contribution is -2.47. The van der Waals surface area contributed by atoms with Crippen LogP contribution in [0.15, 0.2) is 0 Å². The molecule has 2 amide bonds. The summed E-state index contributed by atoms with van der Waals surface area (Å²) >= 11 is 1.62. The molecule has 5 nitrogen and oxygen atoms in total. The van der Waals surface area contributed by atoms with Gasteiger partial charge in [-0.3, -0.25) is 0 Å². The SMILES string of the molecule is CSCCNC(=O)NC(CC(C)C)C(=O)O. The molecule has 0 radical (unpaired) electrons. The lowest BCUT2D eigenvalue weighted by Gasteiger charge is -2.16. The summed E-state index contributed by atoms with van der Waals surface area (Å²) in [5.74, 6) is 0.0521. The number of hydrogen-bond donors (Lipinski definition) is 3. The first-order valence-electron chi connectivity index (χ1n) is 5.23. The summed E-state index contributed by atoms with van der Waals surface area (Å²) in [5.41, 5.74) is 0. The Labute approximate surface area is 100 Å². The predicted octanol–water partition coefficient (Wildman–Crippen LogP) is 1.15. The zero-order chi connectivity index (χ0) is 12.6. The molecule has 0 rings (SSSR count). The molecule has 0 bridgehead atoms. The second-order valence-electron chi connectivity index (χ2n) is 3.91. The van der Waals surface area contributed by atoms with E-state index in [9.17, 15) is 9.59 Å². The molecule has 0 aliphatic carbocycles. The molecule has 0 aliphatic heterocycles. The Kier molecular flexibility index (Phi) is 7.80. The Morgan fingerprint density at radius 3 is 2.44 bits per heavy atom. The van der Waals surface area contributed by atoms with Crippen molar-refractivity contribution in [1.29, 1.82) is 0 Å². The third kappa shape index (κ3) is 7.39. The molecular weight excluding hydrogens is 228 g/mol. The maximum absolute atomic E-state index is 11.3. The zero-order valence-electron chi connectivity index (χ0n) is 9.95. The number of hydrogen-bond acceptors (Lipinski definition) is 3. The molecule has 0 heterocycles. The fourth-order valence-electron chi connectivity index (χ4n) is 1.17. The first-order valence-corrected chi connectivity index (χ1v) is 6.62. The second kappa shape index (κ2) is 8.27. The van der Waals surface area contributed by atoms with Gasteiger partial charge >= 0.3 is 12.0 Å². The summed E-state index contributed by atoms with van der Waals surface area (Å²) in [4.78, 5) is 22.2. The van der Waals surface area contributed by atoms with E-state index < -0.39 is 18.0 Å². The van der Waals surface area contributed by atoms with Crippen molar-refractivity contribution in [2.24, 2.45) is 5.92 Å². The maximum Gasteiger partial charge on any atom is 0.326 e. The van der Waals surface area contributed by atoms with E-state index in [2.05, 4.69) is 10.6 Å². The van der Waals surface area contributed by atoms with Gasteiger partial charge in [0.05, 0.1) is 0 Å². The fraction of sp³-hybridized carbons (Fsp3) is 0.800. The number of rotatable bonds is 7. The largest absolute Gasteiger partial charge is 0.480 e. The van der Waals surface area contributed by atoms with Crippen LogP contribution in [0.3, 0.4) is 0 Å². The predicted molar refractivity (Wildman–Crippen MR) is 65.8 cm³/mol. The van der Waals surface area contributed by atoms with Crippen molar-refractivity contribution in [3.63, 3.8) is 0 Å². The van der Waals surface area contributed by atoms with Crippen LogP contribution in [0.1, 0.15) is 20.3 Å². The highest BCUT2D eigenvalue weighted by Gasteiger charge is 2.20. The van der Waals surface area contributed by atoms with Gasteiger partial charge in [0.25, 0.3) is 0 Å². The average Bonchev–Trinajstić information content (AvgIpc) is 2.16. The third-order valence-corrected chi connectivity index (χ3v) is 2.51. The Morgan fingerprint density at radius 1 is 1.38 bits per heavy atom. The van der Waals surface area contributed by atoms with Gasteiger partial charge in [0, 0.05) is 12.3 Å². The molecule has 0 aromatic carbocycles. The van der Waals surface area contributed by atoms with E-state index in [1.165, 1.54) is 0 Å². The van der Waals surface area contributed by atoms with Crippen LogP contribution in [0.2, 0.25) is 0 Å². The van der Waals surface area contributed by atoms with Crippen LogP contribution in [-0.4, -0.2) is 41.7 Å². The van der Waals surface area contributed by atoms with Crippen molar-refractivity contribution in [2.75, 3.05) is 18.6 Å². The van der Waals surface area contributed by atoms with E-state index >= 15 is 0 Å². The molecule has 6 heteroatoms. The van der Waals surface area contributed by atoms with E-state index in [0.717, 1.165) is 5.75 Å². The van der Waals surface area contributed by atoms with Crippen molar-refractivity contribution in [3.8, 4) is 0 Å². The standard InChI is InChI=1S/C10H20N2O3S/c1-7(2)6-8(9(13)14)12-10(15)11-4-5-16-3/h7-8H,4-6H2,1-3H3,(H,13,14)(H2,11,12,15). The molecule has 16 heavy (non-hydrogen) atoms. The topological polar surface area (TPSA) is 78.4 Å². The molecule has 0 aromatic heterocycles. The van der Waals surface area contributed by atoms with Crippen LogP contribution in [0.25, 0.3) is 0 Å². The van der Waals surface area contributed by atoms with Crippen molar-refractivity contribution in [3.05, 3.63) is 0 Å².